The van der Waals surface area contributed by atoms with E-state index in [1.165, 1.54) is 0 Å². The number of Topliss-reactive ketones (excluding diaryl/α,β-unsaturated/α-hetero) is 1. The highest BCUT2D eigenvalue weighted by Gasteiger charge is 2.31. The maximum Gasteiger partial charge on any atom is 0.137 e. The summed E-state index contributed by atoms with van der Waals surface area (Å²) in [7, 11) is 1.74. The highest BCUT2D eigenvalue weighted by molar-refractivity contribution is 5.82. The minimum absolute atomic E-state index is 0.242. The van der Waals surface area contributed by atoms with Gasteiger partial charge in [0.05, 0.1) is 6.61 Å². The van der Waals surface area contributed by atoms with Crippen LogP contribution >= 0.6 is 0 Å². The first-order valence-corrected chi connectivity index (χ1v) is 8.18. The van der Waals surface area contributed by atoms with Crippen LogP contribution in [-0.4, -0.2) is 44.0 Å². The average Bonchev–Trinajstić information content (AvgIpc) is 2.37. The van der Waals surface area contributed by atoms with Crippen molar-refractivity contribution in [2.75, 3.05) is 33.4 Å². The van der Waals surface area contributed by atoms with Crippen molar-refractivity contribution >= 4 is 5.78 Å². The predicted octanol–water partition coefficient (Wildman–Crippen LogP) is 3.23. The van der Waals surface area contributed by atoms with E-state index in [0.717, 1.165) is 51.4 Å². The zero-order valence-electron chi connectivity index (χ0n) is 14.0. The Balaban J connectivity index is 2.57. The molecule has 0 aromatic carbocycles. The number of hydrogen-bond acceptors (Lipinski definition) is 3. The molecule has 1 aliphatic rings. The molecular formula is C17H33NO2. The maximum absolute atomic E-state index is 12.2. The third kappa shape index (κ3) is 5.92. The van der Waals surface area contributed by atoms with E-state index < -0.39 is 0 Å². The van der Waals surface area contributed by atoms with Gasteiger partial charge >= 0.3 is 0 Å². The minimum atomic E-state index is 0.242. The molecule has 0 aliphatic heterocycles. The van der Waals surface area contributed by atoms with E-state index in [0.29, 0.717) is 17.6 Å². The predicted molar refractivity (Wildman–Crippen MR) is 83.8 cm³/mol. The van der Waals surface area contributed by atoms with Gasteiger partial charge in [-0.05, 0) is 30.6 Å². The number of nitrogens with zero attached hydrogens (tertiary/aromatic N) is 1. The van der Waals surface area contributed by atoms with Crippen molar-refractivity contribution in [3.63, 3.8) is 0 Å². The second kappa shape index (κ2) is 8.78. The van der Waals surface area contributed by atoms with Crippen molar-refractivity contribution in [1.29, 1.82) is 0 Å². The van der Waals surface area contributed by atoms with Crippen molar-refractivity contribution in [3.8, 4) is 0 Å². The first kappa shape index (κ1) is 17.6. The number of methoxy groups -OCH3 is 1. The van der Waals surface area contributed by atoms with E-state index in [9.17, 15) is 4.79 Å². The number of hydrogen-bond donors (Lipinski definition) is 0. The molecule has 0 radical (unpaired) electrons. The molecule has 3 nitrogen and oxygen atoms in total. The number of rotatable bonds is 8. The lowest BCUT2D eigenvalue weighted by atomic mass is 9.75. The van der Waals surface area contributed by atoms with Gasteiger partial charge in [0.2, 0.25) is 0 Å². The minimum Gasteiger partial charge on any atom is -0.383 e. The summed E-state index contributed by atoms with van der Waals surface area (Å²) in [6.07, 6.45) is 2.96. The summed E-state index contributed by atoms with van der Waals surface area (Å²) in [4.78, 5) is 14.6. The van der Waals surface area contributed by atoms with Crippen LogP contribution in [0.3, 0.4) is 0 Å². The molecule has 0 aromatic rings. The Labute approximate surface area is 125 Å². The van der Waals surface area contributed by atoms with Crippen molar-refractivity contribution < 1.29 is 9.53 Å². The standard InChI is InChI=1S/C17H33NO2/c1-13(2)11-18(8-9-20-5)12-16-10-15(14(3)4)6-7-17(16)19/h13-16H,6-12H2,1-5H3. The summed E-state index contributed by atoms with van der Waals surface area (Å²) in [5.41, 5.74) is 0. The number of ether oxygens (including phenoxy) is 1. The second-order valence-electron chi connectivity index (χ2n) is 7.09. The quantitative estimate of drug-likeness (QED) is 0.685. The van der Waals surface area contributed by atoms with Crippen molar-refractivity contribution in [2.45, 2.75) is 47.0 Å². The second-order valence-corrected chi connectivity index (χ2v) is 7.09. The van der Waals surface area contributed by atoms with Gasteiger partial charge in [-0.2, -0.15) is 0 Å². The van der Waals surface area contributed by atoms with Crippen LogP contribution < -0.4 is 0 Å². The summed E-state index contributed by atoms with van der Waals surface area (Å²) in [6, 6.07) is 0. The van der Waals surface area contributed by atoms with E-state index >= 15 is 0 Å². The smallest absolute Gasteiger partial charge is 0.137 e. The molecule has 1 aliphatic carbocycles. The Morgan fingerprint density at radius 1 is 1.30 bits per heavy atom. The zero-order chi connectivity index (χ0) is 15.1. The Bertz CT molecular complexity index is 289. The lowest BCUT2D eigenvalue weighted by molar-refractivity contribution is -0.126. The van der Waals surface area contributed by atoms with Gasteiger partial charge in [-0.15, -0.1) is 0 Å². The molecule has 2 unspecified atom stereocenters. The molecule has 1 rings (SSSR count). The lowest BCUT2D eigenvalue weighted by Gasteiger charge is -2.34. The Morgan fingerprint density at radius 2 is 2.00 bits per heavy atom. The normalized spacial score (nSPS) is 24.1. The fourth-order valence-electron chi connectivity index (χ4n) is 3.23. The number of carbonyl (C=O) groups is 1. The van der Waals surface area contributed by atoms with Gasteiger partial charge in [0, 0.05) is 39.1 Å². The summed E-state index contributed by atoms with van der Waals surface area (Å²) in [6.45, 7) is 12.7. The molecule has 20 heavy (non-hydrogen) atoms. The van der Waals surface area contributed by atoms with Crippen LogP contribution in [0.1, 0.15) is 47.0 Å². The maximum atomic E-state index is 12.2. The summed E-state index contributed by atoms with van der Waals surface area (Å²) in [5.74, 6) is 2.77. The first-order chi connectivity index (χ1) is 9.43. The van der Waals surface area contributed by atoms with E-state index in [1.54, 1.807) is 7.11 Å². The third-order valence-electron chi connectivity index (χ3n) is 4.46. The molecule has 1 saturated carbocycles. The molecule has 0 spiro atoms. The Morgan fingerprint density at radius 3 is 2.55 bits per heavy atom. The van der Waals surface area contributed by atoms with Crippen molar-refractivity contribution in [1.82, 2.24) is 4.90 Å². The van der Waals surface area contributed by atoms with Crippen LogP contribution in [0.15, 0.2) is 0 Å². The fraction of sp³-hybridized carbons (Fsp3) is 0.941. The fourth-order valence-corrected chi connectivity index (χ4v) is 3.23. The van der Waals surface area contributed by atoms with E-state index in [1.807, 2.05) is 0 Å². The SMILES string of the molecule is COCCN(CC(C)C)CC1CC(C(C)C)CCC1=O. The average molecular weight is 283 g/mol. The molecule has 0 saturated heterocycles. The van der Waals surface area contributed by atoms with Gasteiger partial charge in [0.25, 0.3) is 0 Å². The topological polar surface area (TPSA) is 29.5 Å². The van der Waals surface area contributed by atoms with Gasteiger partial charge in [0.1, 0.15) is 5.78 Å². The molecule has 3 heteroatoms. The first-order valence-electron chi connectivity index (χ1n) is 8.18. The molecule has 1 fully saturated rings. The lowest BCUT2D eigenvalue weighted by Crippen LogP contribution is -2.40. The van der Waals surface area contributed by atoms with Crippen LogP contribution in [0.2, 0.25) is 0 Å². The van der Waals surface area contributed by atoms with Gasteiger partial charge in [0.15, 0.2) is 0 Å². The van der Waals surface area contributed by atoms with Crippen LogP contribution in [0, 0.1) is 23.7 Å². The van der Waals surface area contributed by atoms with Crippen LogP contribution in [0.4, 0.5) is 0 Å². The highest BCUT2D eigenvalue weighted by Crippen LogP contribution is 2.32. The number of carbonyl (C=O) groups excluding carboxylic acids is 1. The van der Waals surface area contributed by atoms with Crippen molar-refractivity contribution in [3.05, 3.63) is 0 Å². The van der Waals surface area contributed by atoms with Crippen LogP contribution in [0.25, 0.3) is 0 Å². The summed E-state index contributed by atoms with van der Waals surface area (Å²) < 4.78 is 5.20. The Kier molecular flexibility index (Phi) is 7.75. The van der Waals surface area contributed by atoms with E-state index in [4.69, 9.17) is 4.74 Å². The molecule has 0 N–H and O–H groups in total. The molecule has 0 heterocycles. The van der Waals surface area contributed by atoms with Gasteiger partial charge in [-0.3, -0.25) is 4.79 Å². The van der Waals surface area contributed by atoms with E-state index in [2.05, 4.69) is 32.6 Å². The van der Waals surface area contributed by atoms with Gasteiger partial charge < -0.3 is 9.64 Å². The van der Waals surface area contributed by atoms with E-state index in [-0.39, 0.29) is 5.92 Å². The summed E-state index contributed by atoms with van der Waals surface area (Å²) >= 11 is 0. The molecular weight excluding hydrogens is 250 g/mol. The van der Waals surface area contributed by atoms with Crippen LogP contribution in [-0.2, 0) is 9.53 Å². The van der Waals surface area contributed by atoms with Gasteiger partial charge in [-0.1, -0.05) is 27.7 Å². The zero-order valence-corrected chi connectivity index (χ0v) is 14.0. The molecule has 118 valence electrons. The number of ketones is 1. The monoisotopic (exact) mass is 283 g/mol. The third-order valence-corrected chi connectivity index (χ3v) is 4.46. The molecule has 0 bridgehead atoms. The van der Waals surface area contributed by atoms with Gasteiger partial charge in [-0.25, -0.2) is 0 Å². The molecule has 0 aromatic heterocycles. The Hall–Kier alpha value is -0.410. The van der Waals surface area contributed by atoms with Crippen molar-refractivity contribution in [2.24, 2.45) is 23.7 Å². The molecule has 2 atom stereocenters. The highest BCUT2D eigenvalue weighted by atomic mass is 16.5. The largest absolute Gasteiger partial charge is 0.383 e. The molecule has 0 amide bonds. The summed E-state index contributed by atoms with van der Waals surface area (Å²) in [5, 5.41) is 0. The van der Waals surface area contributed by atoms with Crippen LogP contribution in [0.5, 0.6) is 0 Å².